The number of thiocarbonyl (C=S) groups is 1. The van der Waals surface area contributed by atoms with Gasteiger partial charge in [0.25, 0.3) is 0 Å². The summed E-state index contributed by atoms with van der Waals surface area (Å²) in [6, 6.07) is 21.3. The zero-order valence-electron chi connectivity index (χ0n) is 24.6. The van der Waals surface area contributed by atoms with Crippen molar-refractivity contribution in [3.63, 3.8) is 0 Å². The van der Waals surface area contributed by atoms with Gasteiger partial charge in [0.05, 0.1) is 17.1 Å². The fourth-order valence-electron chi connectivity index (χ4n) is 4.78. The van der Waals surface area contributed by atoms with E-state index in [1.54, 1.807) is 4.90 Å². The van der Waals surface area contributed by atoms with Gasteiger partial charge in [-0.15, -0.1) is 18.3 Å². The van der Waals surface area contributed by atoms with Gasteiger partial charge in [0.2, 0.25) is 5.91 Å². The molecule has 1 fully saturated rings. The number of halogens is 3. The minimum atomic E-state index is -4.74. The molecule has 0 unspecified atom stereocenters. The first-order chi connectivity index (χ1) is 21.6. The van der Waals surface area contributed by atoms with Crippen LogP contribution in [0, 0.1) is 0 Å². The maximum atomic E-state index is 12.7. The van der Waals surface area contributed by atoms with Crippen LogP contribution in [0.3, 0.4) is 0 Å². The monoisotopic (exact) mass is 652 g/mol. The van der Waals surface area contributed by atoms with Crippen LogP contribution in [0.5, 0.6) is 5.75 Å². The number of amidine groups is 1. The van der Waals surface area contributed by atoms with Crippen LogP contribution in [0.2, 0.25) is 0 Å². The predicted octanol–water partition coefficient (Wildman–Crippen LogP) is 7.29. The summed E-state index contributed by atoms with van der Waals surface area (Å²) in [7, 11) is 0. The Bertz CT molecular complexity index is 1670. The molecule has 8 nitrogen and oxygen atoms in total. The Morgan fingerprint density at radius 2 is 1.80 bits per heavy atom. The molecule has 0 atom stereocenters. The van der Waals surface area contributed by atoms with E-state index in [2.05, 4.69) is 39.0 Å². The highest BCUT2D eigenvalue weighted by atomic mass is 32.2. The van der Waals surface area contributed by atoms with Gasteiger partial charge in [-0.3, -0.25) is 9.69 Å². The highest BCUT2D eigenvalue weighted by Gasteiger charge is 2.32. The summed E-state index contributed by atoms with van der Waals surface area (Å²) in [6.07, 6.45) is -0.529. The molecule has 4 aromatic rings. The van der Waals surface area contributed by atoms with Crippen LogP contribution in [0.25, 0.3) is 17.1 Å². The lowest BCUT2D eigenvalue weighted by atomic mass is 10.0. The fourth-order valence-corrected chi connectivity index (χ4v) is 5.89. The molecule has 45 heavy (non-hydrogen) atoms. The minimum Gasteiger partial charge on any atom is -0.406 e. The van der Waals surface area contributed by atoms with Crippen LogP contribution in [-0.4, -0.2) is 49.6 Å². The Morgan fingerprint density at radius 1 is 1.07 bits per heavy atom. The van der Waals surface area contributed by atoms with Crippen molar-refractivity contribution in [1.29, 1.82) is 0 Å². The number of carbonyl (C=O) groups is 1. The molecule has 13 heteroatoms. The molecule has 1 aromatic heterocycles. The maximum absolute atomic E-state index is 12.7. The highest BCUT2D eigenvalue weighted by molar-refractivity contribution is 8.15. The van der Waals surface area contributed by atoms with Gasteiger partial charge in [-0.2, -0.15) is 4.99 Å². The number of unbranched alkanes of at least 4 members (excludes halogenated alkanes) is 1. The highest BCUT2D eigenvalue weighted by Crippen LogP contribution is 2.33. The molecule has 234 valence electrons. The number of nitrogens with one attached hydrogen (secondary N) is 1. The maximum Gasteiger partial charge on any atom is 0.573 e. The summed E-state index contributed by atoms with van der Waals surface area (Å²) in [5.74, 6) is 0.804. The van der Waals surface area contributed by atoms with Crippen molar-refractivity contribution >= 4 is 45.9 Å². The smallest absolute Gasteiger partial charge is 0.406 e. The molecule has 3 aromatic carbocycles. The van der Waals surface area contributed by atoms with Crippen molar-refractivity contribution in [1.82, 2.24) is 20.1 Å². The number of nitrogens with zero attached hydrogens (tertiary/aromatic N) is 5. The van der Waals surface area contributed by atoms with Crippen molar-refractivity contribution in [3.05, 3.63) is 90.3 Å². The van der Waals surface area contributed by atoms with Crippen LogP contribution < -0.4 is 15.0 Å². The molecule has 1 aliphatic heterocycles. The summed E-state index contributed by atoms with van der Waals surface area (Å²) < 4.78 is 42.6. The van der Waals surface area contributed by atoms with Gasteiger partial charge in [-0.1, -0.05) is 68.1 Å². The lowest BCUT2D eigenvalue weighted by Crippen LogP contribution is -2.32. The number of rotatable bonds is 10. The third-order valence-electron chi connectivity index (χ3n) is 6.97. The number of benzene rings is 3. The molecular weight excluding hydrogens is 622 g/mol. The van der Waals surface area contributed by atoms with Gasteiger partial charge in [0.1, 0.15) is 12.1 Å². The van der Waals surface area contributed by atoms with Gasteiger partial charge in [0, 0.05) is 12.1 Å². The van der Waals surface area contributed by atoms with E-state index >= 15 is 0 Å². The normalized spacial score (nSPS) is 14.4. The van der Waals surface area contributed by atoms with Crippen molar-refractivity contribution in [3.8, 4) is 22.8 Å². The summed E-state index contributed by atoms with van der Waals surface area (Å²) in [5, 5.41) is 8.60. The second-order valence-electron chi connectivity index (χ2n) is 10.6. The van der Waals surface area contributed by atoms with Gasteiger partial charge in [0.15, 0.2) is 16.1 Å². The average Bonchev–Trinajstić information content (AvgIpc) is 3.64. The number of aliphatic imine (C=N–C) groups is 1. The molecule has 0 spiro atoms. The Kier molecular flexibility index (Phi) is 10.2. The lowest BCUT2D eigenvalue weighted by molar-refractivity contribution is -0.274. The number of amides is 1. The molecule has 0 bridgehead atoms. The molecule has 0 saturated carbocycles. The van der Waals surface area contributed by atoms with Crippen LogP contribution in [-0.2, 0) is 11.2 Å². The molecule has 0 radical (unpaired) electrons. The molecule has 1 saturated heterocycles. The SMILES string of the molecule is CC(C)c1ccccc1N1C(=O)CS/C1=N\C(=S)NCCCCc1ccc(-c2ncn(-c3ccc(OC(F)(F)F)cc3)n2)cc1. The third-order valence-corrected chi connectivity index (χ3v) is 8.13. The Balaban J connectivity index is 1.09. The quantitative estimate of drug-likeness (QED) is 0.142. The van der Waals surface area contributed by atoms with E-state index < -0.39 is 6.36 Å². The fraction of sp³-hybridized carbons (Fsp3) is 0.281. The first-order valence-electron chi connectivity index (χ1n) is 14.4. The van der Waals surface area contributed by atoms with E-state index in [9.17, 15) is 18.0 Å². The number of para-hydroxylation sites is 1. The number of carbonyl (C=O) groups excluding carboxylic acids is 1. The molecule has 0 aliphatic carbocycles. The second kappa shape index (κ2) is 14.2. The number of ether oxygens (including phenoxy) is 1. The Morgan fingerprint density at radius 3 is 2.51 bits per heavy atom. The molecule has 2 heterocycles. The minimum absolute atomic E-state index is 0.00190. The number of aromatic nitrogens is 3. The van der Waals surface area contributed by atoms with Crippen molar-refractivity contribution in [2.24, 2.45) is 4.99 Å². The van der Waals surface area contributed by atoms with E-state index in [1.165, 1.54) is 52.6 Å². The van der Waals surface area contributed by atoms with Crippen LogP contribution in [0.15, 0.2) is 84.1 Å². The molecule has 1 aliphatic rings. The van der Waals surface area contributed by atoms with Crippen molar-refractivity contribution in [2.45, 2.75) is 45.4 Å². The van der Waals surface area contributed by atoms with Crippen LogP contribution >= 0.6 is 24.0 Å². The zero-order valence-corrected chi connectivity index (χ0v) is 26.3. The average molecular weight is 653 g/mol. The topological polar surface area (TPSA) is 84.6 Å². The largest absolute Gasteiger partial charge is 0.573 e. The van der Waals surface area contributed by atoms with Crippen LogP contribution in [0.4, 0.5) is 18.9 Å². The number of hydrogen-bond donors (Lipinski definition) is 1. The first kappa shape index (κ1) is 32.2. The first-order valence-corrected chi connectivity index (χ1v) is 15.7. The van der Waals surface area contributed by atoms with Gasteiger partial charge in [-0.05, 0) is 78.9 Å². The number of thioether (sulfide) groups is 1. The summed E-state index contributed by atoms with van der Waals surface area (Å²) >= 11 is 6.86. The van der Waals surface area contributed by atoms with Crippen molar-refractivity contribution in [2.75, 3.05) is 17.2 Å². The van der Waals surface area contributed by atoms with Crippen LogP contribution in [0.1, 0.15) is 43.7 Å². The van der Waals surface area contributed by atoms with E-state index in [-0.39, 0.29) is 17.6 Å². The molecule has 1 amide bonds. The number of hydrogen-bond acceptors (Lipinski definition) is 6. The molecule has 1 N–H and O–H groups in total. The van der Waals surface area contributed by atoms with E-state index in [4.69, 9.17) is 12.2 Å². The third kappa shape index (κ3) is 8.49. The van der Waals surface area contributed by atoms with Crippen molar-refractivity contribution < 1.29 is 22.7 Å². The second-order valence-corrected chi connectivity index (χ2v) is 11.9. The Hall–Kier alpha value is -4.23. The molecular formula is C32H31F3N6O2S2. The zero-order chi connectivity index (χ0) is 32.0. The number of anilines is 1. The predicted molar refractivity (Wildman–Crippen MR) is 175 cm³/mol. The molecule has 5 rings (SSSR count). The van der Waals surface area contributed by atoms with E-state index in [0.29, 0.717) is 34.1 Å². The Labute approximate surface area is 268 Å². The standard InChI is InChI=1S/C32H31F3N6O2S2/c1-21(2)26-8-3-4-9-27(26)41-28(42)19-45-31(41)38-30(44)36-18-6-5-7-22-10-12-23(13-11-22)29-37-20-40(39-29)24-14-16-25(17-15-24)43-32(33,34)35/h3-4,8-17,20-21H,5-7,18-19H2,1-2H3,(H,36,44)/b38-31-. The number of aryl methyl sites for hydroxylation is 1. The van der Waals surface area contributed by atoms with Gasteiger partial charge in [-0.25, -0.2) is 9.67 Å². The van der Waals surface area contributed by atoms with Gasteiger partial charge < -0.3 is 10.1 Å². The lowest BCUT2D eigenvalue weighted by Gasteiger charge is -2.21. The van der Waals surface area contributed by atoms with E-state index in [0.717, 1.165) is 36.1 Å². The van der Waals surface area contributed by atoms with E-state index in [1.807, 2.05) is 48.5 Å². The summed E-state index contributed by atoms with van der Waals surface area (Å²) in [6.45, 7) is 4.87. The van der Waals surface area contributed by atoms with Gasteiger partial charge >= 0.3 is 6.36 Å². The summed E-state index contributed by atoms with van der Waals surface area (Å²) in [5.41, 5.74) is 4.50. The summed E-state index contributed by atoms with van der Waals surface area (Å²) in [4.78, 5) is 23.3. The number of alkyl halides is 3.